The largest absolute Gasteiger partial charge is 0.341 e. The van der Waals surface area contributed by atoms with Crippen LogP contribution in [-0.4, -0.2) is 17.6 Å². The van der Waals surface area contributed by atoms with E-state index in [0.717, 1.165) is 16.0 Å². The van der Waals surface area contributed by atoms with Crippen molar-refractivity contribution >= 4 is 29.3 Å². The number of nitrogens with one attached hydrogen (secondary N) is 1. The summed E-state index contributed by atoms with van der Waals surface area (Å²) in [5, 5.41) is 3.15. The summed E-state index contributed by atoms with van der Waals surface area (Å²) in [6, 6.07) is 31.0. The van der Waals surface area contributed by atoms with Crippen LogP contribution in [0, 0.1) is 5.82 Å². The molecular formula is C29H23FN2O2S. The average molecular weight is 483 g/mol. The van der Waals surface area contributed by atoms with Gasteiger partial charge in [0.1, 0.15) is 5.82 Å². The van der Waals surface area contributed by atoms with Crippen LogP contribution in [-0.2, 0) is 11.3 Å². The minimum atomic E-state index is -0.359. The van der Waals surface area contributed by atoms with Gasteiger partial charge in [0.05, 0.1) is 24.0 Å². The van der Waals surface area contributed by atoms with E-state index in [0.29, 0.717) is 16.8 Å². The molecule has 5 rings (SSSR count). The van der Waals surface area contributed by atoms with Crippen LogP contribution < -0.4 is 10.2 Å². The standard InChI is InChI=1S/C29H23FN2O2S/c30-24-14-8-7-13-23(24)18-32-25-17-22(15-16-26(25)35-19-27(32)33)29(34)31-28(20-9-3-1-4-10-20)21-11-5-2-6-12-21/h1-17,28H,18-19H2,(H,31,34). The van der Waals surface area contributed by atoms with E-state index in [1.54, 1.807) is 35.2 Å². The van der Waals surface area contributed by atoms with Gasteiger partial charge >= 0.3 is 0 Å². The van der Waals surface area contributed by atoms with Crippen LogP contribution in [0.25, 0.3) is 0 Å². The zero-order valence-corrected chi connectivity index (χ0v) is 19.7. The van der Waals surface area contributed by atoms with Gasteiger partial charge in [-0.1, -0.05) is 78.9 Å². The Balaban J connectivity index is 1.45. The van der Waals surface area contributed by atoms with E-state index < -0.39 is 0 Å². The maximum Gasteiger partial charge on any atom is 0.252 e. The highest BCUT2D eigenvalue weighted by molar-refractivity contribution is 8.00. The molecule has 1 aliphatic rings. The summed E-state index contributed by atoms with van der Waals surface area (Å²) in [7, 11) is 0. The monoisotopic (exact) mass is 482 g/mol. The molecule has 174 valence electrons. The quantitative estimate of drug-likeness (QED) is 0.368. The van der Waals surface area contributed by atoms with Crippen molar-refractivity contribution in [1.82, 2.24) is 5.32 Å². The number of benzene rings is 4. The van der Waals surface area contributed by atoms with E-state index in [2.05, 4.69) is 5.32 Å². The Morgan fingerprint density at radius 1 is 0.886 bits per heavy atom. The van der Waals surface area contributed by atoms with Crippen molar-refractivity contribution in [2.75, 3.05) is 10.7 Å². The van der Waals surface area contributed by atoms with Gasteiger partial charge in [0.25, 0.3) is 5.91 Å². The van der Waals surface area contributed by atoms with Crippen LogP contribution in [0.15, 0.2) is 108 Å². The molecule has 0 aliphatic carbocycles. The van der Waals surface area contributed by atoms with E-state index in [1.165, 1.54) is 17.8 Å². The van der Waals surface area contributed by atoms with E-state index in [1.807, 2.05) is 66.7 Å². The van der Waals surface area contributed by atoms with Crippen molar-refractivity contribution in [2.24, 2.45) is 0 Å². The lowest BCUT2D eigenvalue weighted by Gasteiger charge is -2.29. The molecule has 1 heterocycles. The third-order valence-electron chi connectivity index (χ3n) is 5.99. The third kappa shape index (κ3) is 4.98. The highest BCUT2D eigenvalue weighted by Crippen LogP contribution is 2.37. The first-order chi connectivity index (χ1) is 17.1. The highest BCUT2D eigenvalue weighted by Gasteiger charge is 2.27. The van der Waals surface area contributed by atoms with E-state index in [-0.39, 0.29) is 36.0 Å². The number of rotatable bonds is 6. The number of halogens is 1. The molecule has 0 saturated carbocycles. The molecule has 1 N–H and O–H groups in total. The smallest absolute Gasteiger partial charge is 0.252 e. The van der Waals surface area contributed by atoms with Crippen molar-refractivity contribution < 1.29 is 14.0 Å². The molecule has 0 spiro atoms. The molecule has 1 aliphatic heterocycles. The fourth-order valence-corrected chi connectivity index (χ4v) is 5.09. The number of anilines is 1. The lowest BCUT2D eigenvalue weighted by molar-refractivity contribution is -0.116. The molecule has 0 unspecified atom stereocenters. The normalized spacial score (nSPS) is 13.0. The minimum Gasteiger partial charge on any atom is -0.341 e. The lowest BCUT2D eigenvalue weighted by Crippen LogP contribution is -2.35. The van der Waals surface area contributed by atoms with Gasteiger partial charge in [0.15, 0.2) is 0 Å². The number of amides is 2. The molecule has 0 aromatic heterocycles. The number of hydrogen-bond donors (Lipinski definition) is 1. The maximum atomic E-state index is 14.3. The predicted molar refractivity (Wildman–Crippen MR) is 137 cm³/mol. The van der Waals surface area contributed by atoms with Gasteiger partial charge in [-0.3, -0.25) is 9.59 Å². The second-order valence-electron chi connectivity index (χ2n) is 8.27. The number of carbonyl (C=O) groups is 2. The Morgan fingerprint density at radius 3 is 2.17 bits per heavy atom. The summed E-state index contributed by atoms with van der Waals surface area (Å²) in [6.45, 7) is 0.112. The fraction of sp³-hybridized carbons (Fsp3) is 0.103. The first-order valence-electron chi connectivity index (χ1n) is 11.3. The molecular weight excluding hydrogens is 459 g/mol. The second kappa shape index (κ2) is 10.2. The molecule has 6 heteroatoms. The van der Waals surface area contributed by atoms with E-state index in [9.17, 15) is 14.0 Å². The number of fused-ring (bicyclic) bond motifs is 1. The van der Waals surface area contributed by atoms with Crippen LogP contribution in [0.4, 0.5) is 10.1 Å². The Bertz CT molecular complexity index is 1320. The summed E-state index contributed by atoms with van der Waals surface area (Å²) in [4.78, 5) is 28.6. The molecule has 2 amide bonds. The number of carbonyl (C=O) groups excluding carboxylic acids is 2. The summed E-state index contributed by atoms with van der Waals surface area (Å²) < 4.78 is 14.3. The zero-order valence-electron chi connectivity index (χ0n) is 18.9. The van der Waals surface area contributed by atoms with Crippen molar-refractivity contribution in [2.45, 2.75) is 17.5 Å². The average Bonchev–Trinajstić information content (AvgIpc) is 2.90. The van der Waals surface area contributed by atoms with Gasteiger partial charge in [0.2, 0.25) is 5.91 Å². The van der Waals surface area contributed by atoms with Crippen LogP contribution in [0.5, 0.6) is 0 Å². The molecule has 0 saturated heterocycles. The number of thioether (sulfide) groups is 1. The van der Waals surface area contributed by atoms with Gasteiger partial charge in [-0.05, 0) is 35.4 Å². The molecule has 0 bridgehead atoms. The highest BCUT2D eigenvalue weighted by atomic mass is 32.2. The molecule has 4 aromatic rings. The summed E-state index contributed by atoms with van der Waals surface area (Å²) in [6.07, 6.45) is 0. The van der Waals surface area contributed by atoms with Crippen LogP contribution in [0.1, 0.15) is 33.1 Å². The predicted octanol–water partition coefficient (Wildman–Crippen LogP) is 5.98. The summed E-state index contributed by atoms with van der Waals surface area (Å²) >= 11 is 1.43. The van der Waals surface area contributed by atoms with Crippen LogP contribution in [0.3, 0.4) is 0 Å². The van der Waals surface area contributed by atoms with Gasteiger partial charge in [-0.25, -0.2) is 4.39 Å². The summed E-state index contributed by atoms with van der Waals surface area (Å²) in [5.74, 6) is -0.450. The lowest BCUT2D eigenvalue weighted by atomic mass is 9.98. The maximum absolute atomic E-state index is 14.3. The Labute approximate surface area is 207 Å². The van der Waals surface area contributed by atoms with Crippen molar-refractivity contribution in [1.29, 1.82) is 0 Å². The van der Waals surface area contributed by atoms with Gasteiger partial charge in [0, 0.05) is 16.0 Å². The van der Waals surface area contributed by atoms with E-state index >= 15 is 0 Å². The summed E-state index contributed by atoms with van der Waals surface area (Å²) in [5.41, 5.74) is 3.43. The van der Waals surface area contributed by atoms with Gasteiger partial charge in [-0.15, -0.1) is 11.8 Å². The fourth-order valence-electron chi connectivity index (χ4n) is 4.18. The van der Waals surface area contributed by atoms with Crippen molar-refractivity contribution in [3.63, 3.8) is 0 Å². The topological polar surface area (TPSA) is 49.4 Å². The Morgan fingerprint density at radius 2 is 1.51 bits per heavy atom. The molecule has 4 aromatic carbocycles. The zero-order chi connectivity index (χ0) is 24.2. The Kier molecular flexibility index (Phi) is 6.64. The van der Waals surface area contributed by atoms with Crippen molar-refractivity contribution in [3.8, 4) is 0 Å². The SMILES string of the molecule is O=C(NC(c1ccccc1)c1ccccc1)c1ccc2c(c1)N(Cc1ccccc1F)C(=O)CS2. The first-order valence-corrected chi connectivity index (χ1v) is 12.3. The Hall–Kier alpha value is -3.90. The molecule has 4 nitrogen and oxygen atoms in total. The van der Waals surface area contributed by atoms with Gasteiger partial charge in [-0.2, -0.15) is 0 Å². The van der Waals surface area contributed by atoms with E-state index in [4.69, 9.17) is 0 Å². The molecule has 0 radical (unpaired) electrons. The van der Waals surface area contributed by atoms with Crippen molar-refractivity contribution in [3.05, 3.63) is 131 Å². The van der Waals surface area contributed by atoms with Gasteiger partial charge < -0.3 is 10.2 Å². The number of nitrogens with zero attached hydrogens (tertiary/aromatic N) is 1. The molecule has 35 heavy (non-hydrogen) atoms. The van der Waals surface area contributed by atoms with Crippen LogP contribution >= 0.6 is 11.8 Å². The number of hydrogen-bond acceptors (Lipinski definition) is 3. The molecule has 0 fully saturated rings. The third-order valence-corrected chi connectivity index (χ3v) is 7.04. The second-order valence-corrected chi connectivity index (χ2v) is 9.29. The minimum absolute atomic E-state index is 0.112. The van der Waals surface area contributed by atoms with Crippen LogP contribution in [0.2, 0.25) is 0 Å². The molecule has 0 atom stereocenters. The first kappa shape index (κ1) is 22.9.